The molecule has 0 aliphatic rings. The normalized spacial score (nSPS) is 11.9. The maximum absolute atomic E-state index is 13.7. The van der Waals surface area contributed by atoms with Gasteiger partial charge < -0.3 is 5.11 Å². The van der Waals surface area contributed by atoms with Gasteiger partial charge in [0.15, 0.2) is 0 Å². The monoisotopic (exact) mass is 319 g/mol. The van der Waals surface area contributed by atoms with Gasteiger partial charge in [0, 0.05) is 10.9 Å². The Morgan fingerprint density at radius 1 is 1.21 bits per heavy atom. The lowest BCUT2D eigenvalue weighted by molar-refractivity contribution is 0.177. The first kappa shape index (κ1) is 13.7. The van der Waals surface area contributed by atoms with E-state index in [0.717, 1.165) is 0 Å². The molecular weight excluding hydrogens is 309 g/mol. The molecule has 96 valence electrons. The van der Waals surface area contributed by atoms with Crippen molar-refractivity contribution in [2.45, 2.75) is 12.5 Å². The predicted octanol–water partition coefficient (Wildman–Crippen LogP) is 3.74. The van der Waals surface area contributed by atoms with Crippen molar-refractivity contribution in [3.8, 4) is 6.07 Å². The highest BCUT2D eigenvalue weighted by atomic mass is 79.9. The van der Waals surface area contributed by atoms with Crippen LogP contribution in [0.1, 0.15) is 22.8 Å². The van der Waals surface area contributed by atoms with Crippen molar-refractivity contribution in [1.82, 2.24) is 0 Å². The average molecular weight is 320 g/mol. The molecular formula is C15H11BrFNO. The Kier molecular flexibility index (Phi) is 4.31. The number of nitriles is 1. The third-order valence-corrected chi connectivity index (χ3v) is 3.35. The molecule has 4 heteroatoms. The second-order valence-corrected chi connectivity index (χ2v) is 5.11. The summed E-state index contributed by atoms with van der Waals surface area (Å²) in [7, 11) is 0. The van der Waals surface area contributed by atoms with E-state index in [1.807, 2.05) is 6.07 Å². The molecule has 0 saturated carbocycles. The van der Waals surface area contributed by atoms with Crippen molar-refractivity contribution in [2.75, 3.05) is 0 Å². The molecule has 1 N–H and O–H groups in total. The molecule has 0 bridgehead atoms. The van der Waals surface area contributed by atoms with Gasteiger partial charge in [-0.15, -0.1) is 0 Å². The Morgan fingerprint density at radius 2 is 1.89 bits per heavy atom. The van der Waals surface area contributed by atoms with Gasteiger partial charge in [-0.05, 0) is 35.4 Å². The van der Waals surface area contributed by atoms with Crippen molar-refractivity contribution >= 4 is 15.9 Å². The summed E-state index contributed by atoms with van der Waals surface area (Å²) >= 11 is 3.19. The number of aliphatic hydroxyl groups is 1. The van der Waals surface area contributed by atoms with Gasteiger partial charge in [-0.3, -0.25) is 0 Å². The summed E-state index contributed by atoms with van der Waals surface area (Å²) in [6.07, 6.45) is -0.589. The highest BCUT2D eigenvalue weighted by Crippen LogP contribution is 2.22. The summed E-state index contributed by atoms with van der Waals surface area (Å²) in [5.74, 6) is -0.345. The Morgan fingerprint density at radius 3 is 2.47 bits per heavy atom. The van der Waals surface area contributed by atoms with Crippen LogP contribution in [0.15, 0.2) is 46.9 Å². The fourth-order valence-corrected chi connectivity index (χ4v) is 2.13. The van der Waals surface area contributed by atoms with E-state index in [1.165, 1.54) is 6.07 Å². The lowest BCUT2D eigenvalue weighted by Gasteiger charge is -2.12. The molecule has 0 amide bonds. The zero-order valence-electron chi connectivity index (χ0n) is 9.98. The molecule has 2 rings (SSSR count). The predicted molar refractivity (Wildman–Crippen MR) is 73.9 cm³/mol. The number of benzene rings is 2. The second kappa shape index (κ2) is 5.96. The molecule has 0 radical (unpaired) electrons. The molecule has 0 heterocycles. The number of hydrogen-bond donors (Lipinski definition) is 1. The zero-order valence-corrected chi connectivity index (χ0v) is 11.6. The van der Waals surface area contributed by atoms with Crippen LogP contribution in [-0.2, 0) is 6.42 Å². The molecule has 0 aliphatic carbocycles. The molecule has 0 spiro atoms. The number of rotatable bonds is 3. The average Bonchev–Trinajstić information content (AvgIpc) is 2.42. The van der Waals surface area contributed by atoms with Crippen molar-refractivity contribution in [3.05, 3.63) is 69.4 Å². The third kappa shape index (κ3) is 3.40. The molecule has 2 nitrogen and oxygen atoms in total. The fraction of sp³-hybridized carbons (Fsp3) is 0.133. The van der Waals surface area contributed by atoms with Gasteiger partial charge in [-0.1, -0.05) is 34.1 Å². The Bertz CT molecular complexity index is 619. The van der Waals surface area contributed by atoms with E-state index < -0.39 is 6.10 Å². The van der Waals surface area contributed by atoms with E-state index in [1.54, 1.807) is 36.4 Å². The summed E-state index contributed by atoms with van der Waals surface area (Å²) in [6, 6.07) is 13.4. The molecule has 1 atom stereocenters. The minimum atomic E-state index is -0.789. The first-order chi connectivity index (χ1) is 9.10. The minimum Gasteiger partial charge on any atom is -0.388 e. The molecule has 2 aromatic rings. The van der Waals surface area contributed by atoms with Crippen LogP contribution >= 0.6 is 15.9 Å². The number of nitrogens with zero attached hydrogens (tertiary/aromatic N) is 1. The van der Waals surface area contributed by atoms with Crippen molar-refractivity contribution < 1.29 is 9.50 Å². The number of halogens is 2. The second-order valence-electron chi connectivity index (χ2n) is 4.19. The number of aliphatic hydroxyl groups excluding tert-OH is 1. The highest BCUT2D eigenvalue weighted by Gasteiger charge is 2.12. The van der Waals surface area contributed by atoms with Crippen LogP contribution < -0.4 is 0 Å². The van der Waals surface area contributed by atoms with Gasteiger partial charge in [0.05, 0.1) is 17.7 Å². The van der Waals surface area contributed by atoms with E-state index in [2.05, 4.69) is 15.9 Å². The van der Waals surface area contributed by atoms with Crippen LogP contribution in [-0.4, -0.2) is 5.11 Å². The lowest BCUT2D eigenvalue weighted by atomic mass is 10.0. The Hall–Kier alpha value is -1.70. The van der Waals surface area contributed by atoms with E-state index in [-0.39, 0.29) is 12.2 Å². The smallest absolute Gasteiger partial charge is 0.127 e. The Labute approximate surface area is 119 Å². The van der Waals surface area contributed by atoms with Gasteiger partial charge in [0.1, 0.15) is 5.82 Å². The number of hydrogen-bond acceptors (Lipinski definition) is 2. The summed E-state index contributed by atoms with van der Waals surface area (Å²) in [6.45, 7) is 0. The van der Waals surface area contributed by atoms with Crippen LogP contribution in [0.2, 0.25) is 0 Å². The van der Waals surface area contributed by atoms with Crippen LogP contribution in [0.3, 0.4) is 0 Å². The van der Waals surface area contributed by atoms with Crippen LogP contribution in [0.4, 0.5) is 4.39 Å². The molecule has 0 aliphatic heterocycles. The first-order valence-electron chi connectivity index (χ1n) is 5.72. The lowest BCUT2D eigenvalue weighted by Crippen LogP contribution is -2.03. The van der Waals surface area contributed by atoms with E-state index in [9.17, 15) is 9.50 Å². The van der Waals surface area contributed by atoms with Gasteiger partial charge in [-0.25, -0.2) is 4.39 Å². The van der Waals surface area contributed by atoms with Crippen LogP contribution in [0.25, 0.3) is 0 Å². The van der Waals surface area contributed by atoms with Gasteiger partial charge in [0.2, 0.25) is 0 Å². The fourth-order valence-electron chi connectivity index (χ4n) is 1.79. The van der Waals surface area contributed by atoms with Crippen molar-refractivity contribution in [3.63, 3.8) is 0 Å². The molecule has 19 heavy (non-hydrogen) atoms. The molecule has 2 aromatic carbocycles. The van der Waals surface area contributed by atoms with Gasteiger partial charge >= 0.3 is 0 Å². The maximum atomic E-state index is 13.7. The topological polar surface area (TPSA) is 44.0 Å². The van der Waals surface area contributed by atoms with E-state index in [0.29, 0.717) is 21.2 Å². The highest BCUT2D eigenvalue weighted by molar-refractivity contribution is 9.10. The first-order valence-corrected chi connectivity index (χ1v) is 6.51. The van der Waals surface area contributed by atoms with Crippen LogP contribution in [0, 0.1) is 17.1 Å². The SMILES string of the molecule is N#Cc1ccc(C(O)Cc2ccc(Br)cc2F)cc1. The zero-order chi connectivity index (χ0) is 13.8. The summed E-state index contributed by atoms with van der Waals surface area (Å²) in [4.78, 5) is 0. The molecule has 1 unspecified atom stereocenters. The van der Waals surface area contributed by atoms with E-state index in [4.69, 9.17) is 5.26 Å². The van der Waals surface area contributed by atoms with E-state index >= 15 is 0 Å². The maximum Gasteiger partial charge on any atom is 0.127 e. The largest absolute Gasteiger partial charge is 0.388 e. The molecule has 0 saturated heterocycles. The quantitative estimate of drug-likeness (QED) is 0.936. The van der Waals surface area contributed by atoms with Crippen molar-refractivity contribution in [1.29, 1.82) is 5.26 Å². The molecule has 0 fully saturated rings. The minimum absolute atomic E-state index is 0.199. The summed E-state index contributed by atoms with van der Waals surface area (Å²) in [5, 5.41) is 18.8. The van der Waals surface area contributed by atoms with Crippen LogP contribution in [0.5, 0.6) is 0 Å². The molecule has 0 aromatic heterocycles. The third-order valence-electron chi connectivity index (χ3n) is 2.85. The van der Waals surface area contributed by atoms with Gasteiger partial charge in [-0.2, -0.15) is 5.26 Å². The van der Waals surface area contributed by atoms with Crippen molar-refractivity contribution in [2.24, 2.45) is 0 Å². The summed E-state index contributed by atoms with van der Waals surface area (Å²) in [5.41, 5.74) is 1.66. The standard InChI is InChI=1S/C15H11BrFNO/c16-13-6-5-12(14(17)8-13)7-15(19)11-3-1-10(9-18)2-4-11/h1-6,8,15,19H,7H2. The summed E-state index contributed by atoms with van der Waals surface area (Å²) < 4.78 is 14.3. The van der Waals surface area contributed by atoms with Gasteiger partial charge in [0.25, 0.3) is 0 Å². The Balaban J connectivity index is 2.16.